The lowest BCUT2D eigenvalue weighted by atomic mass is 10.2. The van der Waals surface area contributed by atoms with Crippen molar-refractivity contribution in [2.45, 2.75) is 31.7 Å². The van der Waals surface area contributed by atoms with Crippen molar-refractivity contribution in [2.75, 3.05) is 19.5 Å². The quantitative estimate of drug-likeness (QED) is 0.410. The summed E-state index contributed by atoms with van der Waals surface area (Å²) in [6.45, 7) is 5.56. The number of benzene rings is 1. The van der Waals surface area contributed by atoms with Crippen LogP contribution >= 0.6 is 11.8 Å². The predicted octanol–water partition coefficient (Wildman–Crippen LogP) is 4.26. The Bertz CT molecular complexity index is 664. The number of halogens is 1. The van der Waals surface area contributed by atoms with Gasteiger partial charge in [0.1, 0.15) is 5.82 Å². The molecule has 0 saturated carbocycles. The van der Waals surface area contributed by atoms with Gasteiger partial charge >= 0.3 is 0 Å². The molecule has 0 bridgehead atoms. The predicted molar refractivity (Wildman–Crippen MR) is 91.9 cm³/mol. The van der Waals surface area contributed by atoms with Gasteiger partial charge in [0.2, 0.25) is 0 Å². The average Bonchev–Trinajstić information content (AvgIpc) is 2.82. The van der Waals surface area contributed by atoms with E-state index in [1.54, 1.807) is 19.2 Å². The normalized spacial score (nSPS) is 11.0. The van der Waals surface area contributed by atoms with Crippen LogP contribution < -0.4 is 0 Å². The molecular weight excluding hydrogens is 313 g/mol. The number of nitrogens with zero attached hydrogens (tertiary/aromatic N) is 1. The van der Waals surface area contributed by atoms with Crippen LogP contribution in [-0.2, 0) is 11.3 Å². The number of carbonyl (C=O) groups is 1. The van der Waals surface area contributed by atoms with Gasteiger partial charge in [-0.3, -0.25) is 4.79 Å². The molecule has 5 heteroatoms. The summed E-state index contributed by atoms with van der Waals surface area (Å²) in [6.07, 6.45) is 0.921. The zero-order valence-corrected chi connectivity index (χ0v) is 14.6. The van der Waals surface area contributed by atoms with Crippen LogP contribution in [0.3, 0.4) is 0 Å². The minimum atomic E-state index is -0.264. The van der Waals surface area contributed by atoms with E-state index in [0.717, 1.165) is 34.8 Å². The summed E-state index contributed by atoms with van der Waals surface area (Å²) in [7, 11) is 1.69. The maximum Gasteiger partial charge on any atom is 0.174 e. The number of thioether (sulfide) groups is 1. The minimum absolute atomic E-state index is 0.102. The summed E-state index contributed by atoms with van der Waals surface area (Å²) in [4.78, 5) is 13.4. The molecule has 0 aliphatic carbocycles. The topological polar surface area (TPSA) is 31.2 Å². The van der Waals surface area contributed by atoms with Crippen molar-refractivity contribution >= 4 is 17.5 Å². The summed E-state index contributed by atoms with van der Waals surface area (Å²) in [5.41, 5.74) is 2.87. The van der Waals surface area contributed by atoms with E-state index in [9.17, 15) is 9.18 Å². The first kappa shape index (κ1) is 17.8. The second kappa shape index (κ2) is 8.31. The van der Waals surface area contributed by atoms with Crippen molar-refractivity contribution in [3.63, 3.8) is 0 Å². The first-order chi connectivity index (χ1) is 11.0. The maximum absolute atomic E-state index is 12.9. The van der Waals surface area contributed by atoms with E-state index < -0.39 is 0 Å². The average molecular weight is 335 g/mol. The van der Waals surface area contributed by atoms with Crippen molar-refractivity contribution in [1.82, 2.24) is 4.57 Å². The van der Waals surface area contributed by atoms with Crippen LogP contribution in [-0.4, -0.2) is 29.8 Å². The summed E-state index contributed by atoms with van der Waals surface area (Å²) < 4.78 is 20.1. The highest BCUT2D eigenvalue weighted by Crippen LogP contribution is 2.22. The Balaban J connectivity index is 2.01. The summed E-state index contributed by atoms with van der Waals surface area (Å²) in [6, 6.07) is 8.17. The van der Waals surface area contributed by atoms with Crippen LogP contribution in [0.2, 0.25) is 0 Å². The van der Waals surface area contributed by atoms with Gasteiger partial charge < -0.3 is 9.30 Å². The third kappa shape index (κ3) is 4.69. The maximum atomic E-state index is 12.9. The van der Waals surface area contributed by atoms with Crippen molar-refractivity contribution in [2.24, 2.45) is 0 Å². The molecule has 0 amide bonds. The van der Waals surface area contributed by atoms with Crippen LogP contribution in [0.5, 0.6) is 0 Å². The smallest absolute Gasteiger partial charge is 0.174 e. The van der Waals surface area contributed by atoms with Gasteiger partial charge in [-0.15, -0.1) is 11.8 Å². The van der Waals surface area contributed by atoms with Crippen LogP contribution in [0.15, 0.2) is 35.2 Å². The van der Waals surface area contributed by atoms with Crippen LogP contribution in [0.1, 0.15) is 28.2 Å². The lowest BCUT2D eigenvalue weighted by Gasteiger charge is -2.09. The van der Waals surface area contributed by atoms with Gasteiger partial charge in [-0.2, -0.15) is 0 Å². The number of methoxy groups -OCH3 is 1. The van der Waals surface area contributed by atoms with Gasteiger partial charge in [-0.05, 0) is 50.6 Å². The van der Waals surface area contributed by atoms with Crippen molar-refractivity contribution < 1.29 is 13.9 Å². The van der Waals surface area contributed by atoms with E-state index in [1.165, 1.54) is 23.9 Å². The van der Waals surface area contributed by atoms with Gasteiger partial charge in [-0.25, -0.2) is 4.39 Å². The molecule has 124 valence electrons. The molecule has 0 radical (unpaired) electrons. The highest BCUT2D eigenvalue weighted by atomic mass is 32.2. The van der Waals surface area contributed by atoms with E-state index >= 15 is 0 Å². The number of ether oxygens (including phenoxy) is 1. The van der Waals surface area contributed by atoms with Crippen molar-refractivity contribution in [3.05, 3.63) is 53.1 Å². The Hall–Kier alpha value is -1.59. The zero-order chi connectivity index (χ0) is 16.8. The van der Waals surface area contributed by atoms with Gasteiger partial charge in [0, 0.05) is 42.1 Å². The fourth-order valence-electron chi connectivity index (χ4n) is 2.55. The van der Waals surface area contributed by atoms with Crippen molar-refractivity contribution in [3.8, 4) is 0 Å². The van der Waals surface area contributed by atoms with Crippen LogP contribution in [0.4, 0.5) is 4.39 Å². The SMILES string of the molecule is COCCCn1c(C)cc(C(=O)CSc2ccc(F)cc2)c1C. The second-order valence-corrected chi connectivity index (χ2v) is 6.50. The fraction of sp³-hybridized carbons (Fsp3) is 0.389. The Kier molecular flexibility index (Phi) is 6.42. The molecule has 0 atom stereocenters. The number of aromatic nitrogens is 1. The van der Waals surface area contributed by atoms with Gasteiger partial charge in [0.15, 0.2) is 5.78 Å². The van der Waals surface area contributed by atoms with E-state index in [0.29, 0.717) is 12.4 Å². The van der Waals surface area contributed by atoms with Gasteiger partial charge in [0.25, 0.3) is 0 Å². The molecule has 0 N–H and O–H groups in total. The molecule has 3 nitrogen and oxygen atoms in total. The van der Waals surface area contributed by atoms with Crippen molar-refractivity contribution in [1.29, 1.82) is 0 Å². The Labute approximate surface area is 140 Å². The van der Waals surface area contributed by atoms with E-state index in [-0.39, 0.29) is 11.6 Å². The van der Waals surface area contributed by atoms with Crippen LogP contribution in [0.25, 0.3) is 0 Å². The van der Waals surface area contributed by atoms with E-state index in [1.807, 2.05) is 19.9 Å². The molecule has 0 aliphatic heterocycles. The van der Waals surface area contributed by atoms with Gasteiger partial charge in [0.05, 0.1) is 5.75 Å². The molecule has 0 unspecified atom stereocenters. The number of hydrogen-bond donors (Lipinski definition) is 0. The molecule has 0 aliphatic rings. The first-order valence-electron chi connectivity index (χ1n) is 7.60. The van der Waals surface area contributed by atoms with Crippen LogP contribution in [0, 0.1) is 19.7 Å². The van der Waals surface area contributed by atoms with Gasteiger partial charge in [-0.1, -0.05) is 0 Å². The lowest BCUT2D eigenvalue weighted by Crippen LogP contribution is -2.08. The monoisotopic (exact) mass is 335 g/mol. The highest BCUT2D eigenvalue weighted by Gasteiger charge is 2.15. The molecule has 2 rings (SSSR count). The lowest BCUT2D eigenvalue weighted by molar-refractivity contribution is 0.102. The molecular formula is C18H22FNO2S. The number of aryl methyl sites for hydroxylation is 1. The van der Waals surface area contributed by atoms with E-state index in [4.69, 9.17) is 4.74 Å². The third-order valence-electron chi connectivity index (χ3n) is 3.79. The molecule has 23 heavy (non-hydrogen) atoms. The Morgan fingerprint density at radius 1 is 1.26 bits per heavy atom. The number of hydrogen-bond acceptors (Lipinski definition) is 3. The molecule has 0 spiro atoms. The number of ketones is 1. The summed E-state index contributed by atoms with van der Waals surface area (Å²) >= 11 is 1.43. The fourth-order valence-corrected chi connectivity index (χ4v) is 3.33. The zero-order valence-electron chi connectivity index (χ0n) is 13.8. The second-order valence-electron chi connectivity index (χ2n) is 5.45. The molecule has 1 aromatic heterocycles. The minimum Gasteiger partial charge on any atom is -0.385 e. The molecule has 2 aromatic rings. The molecule has 1 heterocycles. The Morgan fingerprint density at radius 3 is 2.61 bits per heavy atom. The summed E-state index contributed by atoms with van der Waals surface area (Å²) in [5.74, 6) is 0.194. The number of rotatable bonds is 8. The molecule has 0 saturated heterocycles. The molecule has 0 fully saturated rings. The number of carbonyl (C=O) groups excluding carboxylic acids is 1. The standard InChI is InChI=1S/C18H22FNO2S/c1-13-11-17(14(2)20(13)9-4-10-22-3)18(21)12-23-16-7-5-15(19)6-8-16/h5-8,11H,4,9-10,12H2,1-3H3. The largest absolute Gasteiger partial charge is 0.385 e. The molecule has 1 aromatic carbocycles. The third-order valence-corrected chi connectivity index (χ3v) is 4.80. The Morgan fingerprint density at radius 2 is 1.96 bits per heavy atom. The number of Topliss-reactive ketones (excluding diaryl/α,β-unsaturated/α-hetero) is 1. The summed E-state index contributed by atoms with van der Waals surface area (Å²) in [5, 5.41) is 0. The first-order valence-corrected chi connectivity index (χ1v) is 8.58. The van der Waals surface area contributed by atoms with E-state index in [2.05, 4.69) is 4.57 Å². The highest BCUT2D eigenvalue weighted by molar-refractivity contribution is 8.00.